The van der Waals surface area contributed by atoms with Crippen molar-refractivity contribution in [3.05, 3.63) is 34.3 Å². The Morgan fingerprint density at radius 2 is 2.30 bits per heavy atom. The molecule has 0 bridgehead atoms. The molecule has 1 fully saturated rings. The van der Waals surface area contributed by atoms with Crippen LogP contribution in [0.3, 0.4) is 0 Å². The van der Waals surface area contributed by atoms with Crippen LogP contribution in [0.25, 0.3) is 0 Å². The molecule has 2 rings (SSSR count). The summed E-state index contributed by atoms with van der Waals surface area (Å²) in [5, 5.41) is 0.676. The van der Waals surface area contributed by atoms with Crippen LogP contribution < -0.4 is 5.73 Å². The van der Waals surface area contributed by atoms with Crippen molar-refractivity contribution < 1.29 is 9.53 Å². The third-order valence-electron chi connectivity index (χ3n) is 3.61. The predicted molar refractivity (Wildman–Crippen MR) is 82.5 cm³/mol. The number of halogens is 2. The molecule has 1 aromatic carbocycles. The van der Waals surface area contributed by atoms with Gasteiger partial charge in [0, 0.05) is 24.2 Å². The zero-order chi connectivity index (χ0) is 13.8. The Morgan fingerprint density at radius 1 is 1.55 bits per heavy atom. The molecule has 4 nitrogen and oxygen atoms in total. The Morgan fingerprint density at radius 3 is 2.95 bits per heavy atom. The first-order valence-corrected chi connectivity index (χ1v) is 6.84. The van der Waals surface area contributed by atoms with Crippen molar-refractivity contribution in [2.45, 2.75) is 25.4 Å². The molecule has 1 heterocycles. The first-order chi connectivity index (χ1) is 9.15. The third-order valence-corrected chi connectivity index (χ3v) is 3.98. The van der Waals surface area contributed by atoms with Crippen LogP contribution in [0.4, 0.5) is 0 Å². The summed E-state index contributed by atoms with van der Waals surface area (Å²) < 4.78 is 4.73. The number of carbonyl (C=O) groups excluding carboxylic acids is 1. The fourth-order valence-corrected chi connectivity index (χ4v) is 2.71. The van der Waals surface area contributed by atoms with E-state index in [0.717, 1.165) is 31.5 Å². The third kappa shape index (κ3) is 3.85. The second-order valence-electron chi connectivity index (χ2n) is 4.80. The molecule has 0 saturated carbocycles. The van der Waals surface area contributed by atoms with E-state index in [2.05, 4.69) is 4.90 Å². The van der Waals surface area contributed by atoms with Gasteiger partial charge in [-0.15, -0.1) is 12.4 Å². The number of methoxy groups -OCH3 is 1. The van der Waals surface area contributed by atoms with Crippen molar-refractivity contribution in [1.29, 1.82) is 0 Å². The van der Waals surface area contributed by atoms with Crippen molar-refractivity contribution in [2.75, 3.05) is 20.2 Å². The van der Waals surface area contributed by atoms with Crippen LogP contribution in [-0.4, -0.2) is 37.1 Å². The molecule has 6 heteroatoms. The van der Waals surface area contributed by atoms with E-state index >= 15 is 0 Å². The van der Waals surface area contributed by atoms with E-state index in [9.17, 15) is 4.79 Å². The summed E-state index contributed by atoms with van der Waals surface area (Å²) >= 11 is 6.20. The lowest BCUT2D eigenvalue weighted by Crippen LogP contribution is -2.34. The molecular weight excluding hydrogens is 299 g/mol. The molecule has 1 aliphatic rings. The maximum atomic E-state index is 11.5. The molecule has 1 unspecified atom stereocenters. The molecular formula is C14H20Cl2N2O2. The van der Waals surface area contributed by atoms with Crippen LogP contribution >= 0.6 is 24.0 Å². The molecule has 1 aromatic rings. The molecule has 2 N–H and O–H groups in total. The number of carbonyl (C=O) groups is 1. The van der Waals surface area contributed by atoms with Gasteiger partial charge in [-0.3, -0.25) is 4.90 Å². The van der Waals surface area contributed by atoms with E-state index < -0.39 is 0 Å². The first kappa shape index (κ1) is 17.2. The van der Waals surface area contributed by atoms with E-state index in [1.165, 1.54) is 7.11 Å². The molecule has 0 radical (unpaired) electrons. The maximum Gasteiger partial charge on any atom is 0.337 e. The van der Waals surface area contributed by atoms with Crippen molar-refractivity contribution in [3.8, 4) is 0 Å². The highest BCUT2D eigenvalue weighted by atomic mass is 35.5. The Hall–Kier alpha value is -0.810. The van der Waals surface area contributed by atoms with Crippen molar-refractivity contribution in [3.63, 3.8) is 0 Å². The molecule has 0 spiro atoms. The average Bonchev–Trinajstić information content (AvgIpc) is 2.87. The van der Waals surface area contributed by atoms with Crippen molar-refractivity contribution >= 4 is 30.0 Å². The lowest BCUT2D eigenvalue weighted by molar-refractivity contribution is 0.0600. The Kier molecular flexibility index (Phi) is 6.76. The van der Waals surface area contributed by atoms with Gasteiger partial charge in [-0.1, -0.05) is 11.6 Å². The summed E-state index contributed by atoms with van der Waals surface area (Å²) in [4.78, 5) is 13.9. The largest absolute Gasteiger partial charge is 0.465 e. The highest BCUT2D eigenvalue weighted by Crippen LogP contribution is 2.24. The number of benzene rings is 1. The maximum absolute atomic E-state index is 11.5. The van der Waals surface area contributed by atoms with Gasteiger partial charge in [0.2, 0.25) is 0 Å². The van der Waals surface area contributed by atoms with E-state index in [1.54, 1.807) is 18.2 Å². The topological polar surface area (TPSA) is 55.6 Å². The van der Waals surface area contributed by atoms with Gasteiger partial charge in [-0.25, -0.2) is 4.79 Å². The van der Waals surface area contributed by atoms with Crippen LogP contribution in [0.15, 0.2) is 18.2 Å². The summed E-state index contributed by atoms with van der Waals surface area (Å²) in [7, 11) is 1.38. The zero-order valence-electron chi connectivity index (χ0n) is 11.5. The van der Waals surface area contributed by atoms with Gasteiger partial charge in [-0.2, -0.15) is 0 Å². The van der Waals surface area contributed by atoms with Crippen LogP contribution in [0.1, 0.15) is 28.8 Å². The number of rotatable bonds is 4. The number of hydrogen-bond acceptors (Lipinski definition) is 4. The van der Waals surface area contributed by atoms with Gasteiger partial charge >= 0.3 is 5.97 Å². The number of nitrogens with two attached hydrogens (primary N) is 1. The average molecular weight is 319 g/mol. The lowest BCUT2D eigenvalue weighted by Gasteiger charge is -2.23. The first-order valence-electron chi connectivity index (χ1n) is 6.46. The van der Waals surface area contributed by atoms with Crippen LogP contribution in [0.2, 0.25) is 5.02 Å². The fourth-order valence-electron chi connectivity index (χ4n) is 2.53. The van der Waals surface area contributed by atoms with Gasteiger partial charge < -0.3 is 10.5 Å². The normalized spacial score (nSPS) is 18.6. The van der Waals surface area contributed by atoms with E-state index in [1.807, 2.05) is 0 Å². The minimum Gasteiger partial charge on any atom is -0.465 e. The fraction of sp³-hybridized carbons (Fsp3) is 0.500. The van der Waals surface area contributed by atoms with Gasteiger partial charge in [-0.05, 0) is 43.1 Å². The standard InChI is InChI=1S/C14H19ClN2O2.ClH/c1-19-14(18)10-4-5-13(15)11(7-10)9-17-6-2-3-12(17)8-16;/h4-5,7,12H,2-3,6,8-9,16H2,1H3;1H. The van der Waals surface area contributed by atoms with Gasteiger partial charge in [0.25, 0.3) is 0 Å². The monoisotopic (exact) mass is 318 g/mol. The molecule has 0 aliphatic carbocycles. The molecule has 1 aliphatic heterocycles. The van der Waals surface area contributed by atoms with Crippen LogP contribution in [0, 0.1) is 0 Å². The highest BCUT2D eigenvalue weighted by Gasteiger charge is 2.24. The quantitative estimate of drug-likeness (QED) is 0.866. The van der Waals surface area contributed by atoms with Gasteiger partial charge in [0.15, 0.2) is 0 Å². The van der Waals surface area contributed by atoms with E-state index in [-0.39, 0.29) is 18.4 Å². The number of likely N-dealkylation sites (tertiary alicyclic amines) is 1. The van der Waals surface area contributed by atoms with Crippen LogP contribution in [0.5, 0.6) is 0 Å². The number of nitrogens with zero attached hydrogens (tertiary/aromatic N) is 1. The second kappa shape index (κ2) is 7.84. The van der Waals surface area contributed by atoms with Crippen molar-refractivity contribution in [1.82, 2.24) is 4.90 Å². The molecule has 112 valence electrons. The Labute approximate surface area is 130 Å². The van der Waals surface area contributed by atoms with Gasteiger partial charge in [0.1, 0.15) is 0 Å². The summed E-state index contributed by atoms with van der Waals surface area (Å²) in [5.41, 5.74) is 7.25. The van der Waals surface area contributed by atoms with Gasteiger partial charge in [0.05, 0.1) is 12.7 Å². The number of esters is 1. The molecule has 0 aromatic heterocycles. The van der Waals surface area contributed by atoms with E-state index in [0.29, 0.717) is 23.2 Å². The van der Waals surface area contributed by atoms with Crippen LogP contribution in [-0.2, 0) is 11.3 Å². The Bertz CT molecular complexity index is 468. The SMILES string of the molecule is COC(=O)c1ccc(Cl)c(CN2CCCC2CN)c1.Cl. The minimum absolute atomic E-state index is 0. The van der Waals surface area contributed by atoms with E-state index in [4.69, 9.17) is 22.1 Å². The number of ether oxygens (including phenoxy) is 1. The molecule has 1 atom stereocenters. The predicted octanol–water partition coefficient (Wildman–Crippen LogP) is 2.47. The molecule has 1 saturated heterocycles. The summed E-state index contributed by atoms with van der Waals surface area (Å²) in [6.07, 6.45) is 2.29. The summed E-state index contributed by atoms with van der Waals surface area (Å²) in [6.45, 7) is 2.42. The lowest BCUT2D eigenvalue weighted by atomic mass is 10.1. The number of hydrogen-bond donors (Lipinski definition) is 1. The minimum atomic E-state index is -0.338. The second-order valence-corrected chi connectivity index (χ2v) is 5.21. The highest BCUT2D eigenvalue weighted by molar-refractivity contribution is 6.31. The molecule has 20 heavy (non-hydrogen) atoms. The smallest absolute Gasteiger partial charge is 0.337 e. The zero-order valence-corrected chi connectivity index (χ0v) is 13.0. The Balaban J connectivity index is 0.00000200. The summed E-state index contributed by atoms with van der Waals surface area (Å²) in [6, 6.07) is 5.65. The molecule has 0 amide bonds. The summed E-state index contributed by atoms with van der Waals surface area (Å²) in [5.74, 6) is -0.338. The van der Waals surface area contributed by atoms with Crippen molar-refractivity contribution in [2.24, 2.45) is 5.73 Å².